The first-order valence-electron chi connectivity index (χ1n) is 5.89. The summed E-state index contributed by atoms with van der Waals surface area (Å²) in [5.74, 6) is 1.16. The Morgan fingerprint density at radius 2 is 2.00 bits per heavy atom. The van der Waals surface area contributed by atoms with Gasteiger partial charge in [-0.25, -0.2) is 4.98 Å². The zero-order valence-electron chi connectivity index (χ0n) is 9.64. The van der Waals surface area contributed by atoms with Gasteiger partial charge in [-0.1, -0.05) is 24.3 Å². The molecule has 1 aliphatic heterocycles. The number of hydrogen-bond acceptors (Lipinski definition) is 1. The third-order valence-corrected chi connectivity index (χ3v) is 3.46. The number of para-hydroxylation sites is 2. The zero-order valence-corrected chi connectivity index (χ0v) is 9.64. The molecule has 2 heterocycles. The lowest BCUT2D eigenvalue weighted by atomic mass is 10.1. The van der Waals surface area contributed by atoms with Crippen molar-refractivity contribution >= 4 is 11.0 Å². The molecule has 1 aliphatic rings. The van der Waals surface area contributed by atoms with Crippen LogP contribution >= 0.6 is 0 Å². The molecule has 0 saturated heterocycles. The molecule has 0 bridgehead atoms. The predicted octanol–water partition coefficient (Wildman–Crippen LogP) is 3.24. The molecule has 3 aromatic rings. The molecule has 1 aromatic heterocycles. The van der Waals surface area contributed by atoms with Crippen LogP contribution in [-0.2, 0) is 6.42 Å². The first-order chi connectivity index (χ1) is 8.33. The highest BCUT2D eigenvalue weighted by Crippen LogP contribution is 2.32. The van der Waals surface area contributed by atoms with Crippen LogP contribution in [0.1, 0.15) is 17.0 Å². The normalized spacial score (nSPS) is 12.8. The van der Waals surface area contributed by atoms with Gasteiger partial charge in [0.05, 0.1) is 16.7 Å². The molecule has 0 fully saturated rings. The van der Waals surface area contributed by atoms with Crippen molar-refractivity contribution in [3.05, 3.63) is 59.4 Å². The lowest BCUT2D eigenvalue weighted by molar-refractivity contribution is 1.02. The van der Waals surface area contributed by atoms with Crippen molar-refractivity contribution < 1.29 is 0 Å². The van der Waals surface area contributed by atoms with Gasteiger partial charge in [0.2, 0.25) is 0 Å². The maximum Gasteiger partial charge on any atom is 0.118 e. The van der Waals surface area contributed by atoms with E-state index in [4.69, 9.17) is 4.98 Å². The molecule has 0 saturated carbocycles. The van der Waals surface area contributed by atoms with E-state index in [2.05, 4.69) is 47.9 Å². The van der Waals surface area contributed by atoms with Crippen LogP contribution < -0.4 is 0 Å². The van der Waals surface area contributed by atoms with E-state index in [0.29, 0.717) is 0 Å². The Balaban J connectivity index is 2.12. The number of rotatable bonds is 0. The fourth-order valence-corrected chi connectivity index (χ4v) is 2.67. The molecule has 0 unspecified atom stereocenters. The smallest absolute Gasteiger partial charge is 0.118 e. The predicted molar refractivity (Wildman–Crippen MR) is 68.6 cm³/mol. The van der Waals surface area contributed by atoms with Crippen LogP contribution in [-0.4, -0.2) is 9.55 Å². The van der Waals surface area contributed by atoms with Gasteiger partial charge in [-0.05, 0) is 36.2 Å². The second-order valence-corrected chi connectivity index (χ2v) is 4.66. The number of imidazole rings is 1. The van der Waals surface area contributed by atoms with E-state index in [1.165, 1.54) is 22.3 Å². The molecule has 82 valence electrons. The van der Waals surface area contributed by atoms with Crippen LogP contribution in [0.25, 0.3) is 16.7 Å². The molecule has 4 rings (SSSR count). The van der Waals surface area contributed by atoms with Gasteiger partial charge in [0.15, 0.2) is 0 Å². The van der Waals surface area contributed by atoms with E-state index in [0.717, 1.165) is 17.8 Å². The highest BCUT2D eigenvalue weighted by molar-refractivity contribution is 5.80. The lowest BCUT2D eigenvalue weighted by Crippen LogP contribution is -1.92. The Morgan fingerprint density at radius 1 is 1.12 bits per heavy atom. The average Bonchev–Trinajstić information content (AvgIpc) is 2.84. The molecule has 0 spiro atoms. The van der Waals surface area contributed by atoms with E-state index in [1.807, 2.05) is 6.07 Å². The molecule has 0 N–H and O–H groups in total. The van der Waals surface area contributed by atoms with Crippen LogP contribution in [0.5, 0.6) is 0 Å². The largest absolute Gasteiger partial charge is 0.296 e. The first-order valence-corrected chi connectivity index (χ1v) is 5.89. The monoisotopic (exact) mass is 220 g/mol. The summed E-state index contributed by atoms with van der Waals surface area (Å²) >= 11 is 0. The summed E-state index contributed by atoms with van der Waals surface area (Å²) in [7, 11) is 0. The number of fused-ring (bicyclic) bond motifs is 5. The third kappa shape index (κ3) is 1.12. The Hall–Kier alpha value is -2.09. The van der Waals surface area contributed by atoms with Crippen molar-refractivity contribution in [1.82, 2.24) is 9.55 Å². The van der Waals surface area contributed by atoms with Crippen molar-refractivity contribution in [3.8, 4) is 5.69 Å². The zero-order chi connectivity index (χ0) is 11.4. The van der Waals surface area contributed by atoms with Gasteiger partial charge < -0.3 is 0 Å². The van der Waals surface area contributed by atoms with Gasteiger partial charge in [-0.15, -0.1) is 0 Å². The Kier molecular flexibility index (Phi) is 1.57. The highest BCUT2D eigenvalue weighted by atomic mass is 15.1. The van der Waals surface area contributed by atoms with Crippen LogP contribution in [0.2, 0.25) is 0 Å². The second kappa shape index (κ2) is 2.98. The summed E-state index contributed by atoms with van der Waals surface area (Å²) in [4.78, 5) is 4.70. The van der Waals surface area contributed by atoms with Crippen LogP contribution in [0.15, 0.2) is 42.5 Å². The molecule has 2 heteroatoms. The quantitative estimate of drug-likeness (QED) is 0.445. The van der Waals surface area contributed by atoms with Crippen molar-refractivity contribution in [2.75, 3.05) is 0 Å². The fraction of sp³-hybridized carbons (Fsp3) is 0.133. The summed E-state index contributed by atoms with van der Waals surface area (Å²) in [5.41, 5.74) is 6.29. The number of aromatic nitrogens is 2. The number of benzene rings is 2. The summed E-state index contributed by atoms with van der Waals surface area (Å²) in [6, 6.07) is 15.0. The minimum absolute atomic E-state index is 0.949. The highest BCUT2D eigenvalue weighted by Gasteiger charge is 2.21. The molecule has 17 heavy (non-hydrogen) atoms. The van der Waals surface area contributed by atoms with Crippen LogP contribution in [0.4, 0.5) is 0 Å². The van der Waals surface area contributed by atoms with E-state index in [-0.39, 0.29) is 0 Å². The molecule has 2 nitrogen and oxygen atoms in total. The van der Waals surface area contributed by atoms with E-state index in [9.17, 15) is 0 Å². The lowest BCUT2D eigenvalue weighted by Gasteiger charge is -2.04. The number of aryl methyl sites for hydroxylation is 1. The third-order valence-electron chi connectivity index (χ3n) is 3.46. The maximum absolute atomic E-state index is 4.70. The van der Waals surface area contributed by atoms with E-state index < -0.39 is 0 Å². The minimum Gasteiger partial charge on any atom is -0.296 e. The van der Waals surface area contributed by atoms with Gasteiger partial charge in [0, 0.05) is 6.42 Å². The van der Waals surface area contributed by atoms with Crippen LogP contribution in [0.3, 0.4) is 0 Å². The number of nitrogens with zero attached hydrogens (tertiary/aromatic N) is 2. The number of hydrogen-bond donors (Lipinski definition) is 0. The van der Waals surface area contributed by atoms with Crippen LogP contribution in [0, 0.1) is 6.92 Å². The van der Waals surface area contributed by atoms with Gasteiger partial charge in [0.25, 0.3) is 0 Å². The van der Waals surface area contributed by atoms with Gasteiger partial charge in [0.1, 0.15) is 5.82 Å². The summed E-state index contributed by atoms with van der Waals surface area (Å²) in [6.07, 6.45) is 0.949. The summed E-state index contributed by atoms with van der Waals surface area (Å²) in [6.45, 7) is 2.14. The maximum atomic E-state index is 4.70. The second-order valence-electron chi connectivity index (χ2n) is 4.66. The molecule has 0 atom stereocenters. The van der Waals surface area contributed by atoms with Crippen molar-refractivity contribution in [1.29, 1.82) is 0 Å². The van der Waals surface area contributed by atoms with Crippen molar-refractivity contribution in [2.45, 2.75) is 13.3 Å². The van der Waals surface area contributed by atoms with Gasteiger partial charge in [-0.2, -0.15) is 0 Å². The standard InChI is InChI=1S/C15H12N2/c1-10-6-7-11-9-15-16-12-4-2-3-5-13(12)17(15)14(11)8-10/h2-8H,9H2,1H3. The summed E-state index contributed by atoms with van der Waals surface area (Å²) < 4.78 is 2.29. The van der Waals surface area contributed by atoms with Crippen molar-refractivity contribution in [3.63, 3.8) is 0 Å². The molecule has 0 aliphatic carbocycles. The van der Waals surface area contributed by atoms with Gasteiger partial charge in [-0.3, -0.25) is 4.57 Å². The van der Waals surface area contributed by atoms with Crippen molar-refractivity contribution in [2.24, 2.45) is 0 Å². The SMILES string of the molecule is Cc1ccc2c(c1)-n1c(nc3ccccc31)C2. The molecule has 0 radical (unpaired) electrons. The Labute approximate surface area is 99.5 Å². The molecular formula is C15H12N2. The molecule has 0 amide bonds. The summed E-state index contributed by atoms with van der Waals surface area (Å²) in [5, 5.41) is 0. The topological polar surface area (TPSA) is 17.8 Å². The van der Waals surface area contributed by atoms with E-state index >= 15 is 0 Å². The van der Waals surface area contributed by atoms with Gasteiger partial charge >= 0.3 is 0 Å². The first kappa shape index (κ1) is 8.99. The fourth-order valence-electron chi connectivity index (χ4n) is 2.67. The molecule has 2 aromatic carbocycles. The average molecular weight is 220 g/mol. The minimum atomic E-state index is 0.949. The Bertz CT molecular complexity index is 738. The van der Waals surface area contributed by atoms with E-state index in [1.54, 1.807) is 0 Å². The Morgan fingerprint density at radius 3 is 2.94 bits per heavy atom. The molecular weight excluding hydrogens is 208 g/mol.